The number of benzene rings is 1. The molecule has 2 rings (SSSR count). The smallest absolute Gasteiger partial charge is 0.215 e. The molecule has 24 heavy (non-hydrogen) atoms. The Kier molecular flexibility index (Phi) is 7.22. The molecule has 1 aliphatic rings. The molecule has 0 aromatic heterocycles. The van der Waals surface area contributed by atoms with Crippen LogP contribution in [0.1, 0.15) is 37.8 Å². The summed E-state index contributed by atoms with van der Waals surface area (Å²) >= 11 is 0. The first-order valence-electron chi connectivity index (χ1n) is 8.75. The van der Waals surface area contributed by atoms with Gasteiger partial charge in [0, 0.05) is 19.6 Å². The second-order valence-electron chi connectivity index (χ2n) is 6.87. The topological polar surface area (TPSA) is 58.6 Å². The summed E-state index contributed by atoms with van der Waals surface area (Å²) in [5.41, 5.74) is 1.91. The maximum absolute atomic E-state index is 12.1. The van der Waals surface area contributed by atoms with Crippen molar-refractivity contribution in [2.24, 2.45) is 0 Å². The Labute approximate surface area is 146 Å². The van der Waals surface area contributed by atoms with E-state index < -0.39 is 10.0 Å². The predicted molar refractivity (Wildman–Crippen MR) is 97.5 cm³/mol. The lowest BCUT2D eigenvalue weighted by atomic mass is 10.2. The van der Waals surface area contributed by atoms with Crippen molar-refractivity contribution in [3.63, 3.8) is 0 Å². The SMILES string of the molecule is Cc1cccc(CS(=O)(=O)NCCCCN2C[C@H](C)O[C@@H](C)C2)c1. The number of hydrogen-bond donors (Lipinski definition) is 1. The van der Waals surface area contributed by atoms with Crippen molar-refractivity contribution in [1.29, 1.82) is 0 Å². The number of ether oxygens (including phenoxy) is 1. The summed E-state index contributed by atoms with van der Waals surface area (Å²) < 4.78 is 32.7. The highest BCUT2D eigenvalue weighted by Crippen LogP contribution is 2.11. The molecule has 0 bridgehead atoms. The van der Waals surface area contributed by atoms with Crippen LogP contribution in [0.5, 0.6) is 0 Å². The first kappa shape index (κ1) is 19.4. The van der Waals surface area contributed by atoms with Gasteiger partial charge >= 0.3 is 0 Å². The van der Waals surface area contributed by atoms with E-state index in [1.165, 1.54) is 0 Å². The first-order chi connectivity index (χ1) is 11.3. The third kappa shape index (κ3) is 6.89. The van der Waals surface area contributed by atoms with Gasteiger partial charge in [-0.1, -0.05) is 29.8 Å². The molecule has 0 radical (unpaired) electrons. The Bertz CT molecular complexity index is 608. The molecule has 1 saturated heterocycles. The van der Waals surface area contributed by atoms with Gasteiger partial charge in [-0.3, -0.25) is 4.90 Å². The summed E-state index contributed by atoms with van der Waals surface area (Å²) in [6.07, 6.45) is 2.41. The predicted octanol–water partition coefficient (Wildman–Crippen LogP) is 2.30. The molecule has 0 unspecified atom stereocenters. The lowest BCUT2D eigenvalue weighted by Crippen LogP contribution is -2.45. The van der Waals surface area contributed by atoms with E-state index in [1.807, 2.05) is 31.2 Å². The van der Waals surface area contributed by atoms with Crippen molar-refractivity contribution in [1.82, 2.24) is 9.62 Å². The van der Waals surface area contributed by atoms with Gasteiger partial charge < -0.3 is 4.74 Å². The molecule has 0 aliphatic carbocycles. The average molecular weight is 355 g/mol. The van der Waals surface area contributed by atoms with Crippen LogP contribution in [0.3, 0.4) is 0 Å². The lowest BCUT2D eigenvalue weighted by molar-refractivity contribution is -0.0681. The fourth-order valence-corrected chi connectivity index (χ4v) is 4.40. The molecule has 1 aliphatic heterocycles. The summed E-state index contributed by atoms with van der Waals surface area (Å²) in [5, 5.41) is 0. The standard InChI is InChI=1S/C18H30N2O3S/c1-15-7-6-8-18(11-15)14-24(21,22)19-9-4-5-10-20-12-16(2)23-17(3)13-20/h6-8,11,16-17,19H,4-5,9-10,12-14H2,1-3H3/t16-,17-/m0/s1. The second-order valence-corrected chi connectivity index (χ2v) is 8.67. The summed E-state index contributed by atoms with van der Waals surface area (Å²) in [6.45, 7) is 9.59. The van der Waals surface area contributed by atoms with Crippen LogP contribution < -0.4 is 4.72 Å². The minimum Gasteiger partial charge on any atom is -0.373 e. The van der Waals surface area contributed by atoms with Crippen molar-refractivity contribution >= 4 is 10.0 Å². The van der Waals surface area contributed by atoms with E-state index in [0.717, 1.165) is 43.6 Å². The van der Waals surface area contributed by atoms with Crippen molar-refractivity contribution in [2.75, 3.05) is 26.2 Å². The van der Waals surface area contributed by atoms with Gasteiger partial charge in [-0.05, 0) is 45.7 Å². The largest absolute Gasteiger partial charge is 0.373 e. The Balaban J connectivity index is 1.66. The van der Waals surface area contributed by atoms with E-state index >= 15 is 0 Å². The van der Waals surface area contributed by atoms with Gasteiger partial charge in [-0.15, -0.1) is 0 Å². The number of nitrogens with one attached hydrogen (secondary N) is 1. The lowest BCUT2D eigenvalue weighted by Gasteiger charge is -2.35. The van der Waals surface area contributed by atoms with E-state index in [0.29, 0.717) is 6.54 Å². The molecule has 5 nitrogen and oxygen atoms in total. The zero-order valence-electron chi connectivity index (χ0n) is 15.0. The Hall–Kier alpha value is -0.950. The number of sulfonamides is 1. The van der Waals surface area contributed by atoms with Crippen LogP contribution in [0.25, 0.3) is 0 Å². The summed E-state index contributed by atoms with van der Waals surface area (Å²) in [7, 11) is -3.26. The van der Waals surface area contributed by atoms with Crippen LogP contribution >= 0.6 is 0 Å². The molecular formula is C18H30N2O3S. The summed E-state index contributed by atoms with van der Waals surface area (Å²) in [4.78, 5) is 2.40. The van der Waals surface area contributed by atoms with Crippen LogP contribution in [-0.4, -0.2) is 51.7 Å². The van der Waals surface area contributed by atoms with Crippen molar-refractivity contribution in [3.05, 3.63) is 35.4 Å². The third-order valence-electron chi connectivity index (χ3n) is 4.16. The number of unbranched alkanes of at least 4 members (excludes halogenated alkanes) is 1. The zero-order valence-corrected chi connectivity index (χ0v) is 15.8. The Morgan fingerprint density at radius 2 is 1.92 bits per heavy atom. The second kappa shape index (κ2) is 8.94. The van der Waals surface area contributed by atoms with Crippen LogP contribution in [0.2, 0.25) is 0 Å². The van der Waals surface area contributed by atoms with E-state index in [-0.39, 0.29) is 18.0 Å². The highest BCUT2D eigenvalue weighted by molar-refractivity contribution is 7.88. The molecule has 136 valence electrons. The van der Waals surface area contributed by atoms with Crippen LogP contribution in [0.4, 0.5) is 0 Å². The van der Waals surface area contributed by atoms with Gasteiger partial charge in [0.2, 0.25) is 10.0 Å². The monoisotopic (exact) mass is 354 g/mol. The molecule has 1 heterocycles. The molecule has 0 amide bonds. The van der Waals surface area contributed by atoms with Gasteiger partial charge in [0.1, 0.15) is 0 Å². The number of aryl methyl sites for hydroxylation is 1. The van der Waals surface area contributed by atoms with Gasteiger partial charge in [0.05, 0.1) is 18.0 Å². The van der Waals surface area contributed by atoms with Crippen molar-refractivity contribution < 1.29 is 13.2 Å². The fourth-order valence-electron chi connectivity index (χ4n) is 3.23. The molecular weight excluding hydrogens is 324 g/mol. The van der Waals surface area contributed by atoms with Crippen LogP contribution in [0, 0.1) is 6.92 Å². The quantitative estimate of drug-likeness (QED) is 0.728. The van der Waals surface area contributed by atoms with Gasteiger partial charge in [0.15, 0.2) is 0 Å². The molecule has 1 fully saturated rings. The minimum absolute atomic E-state index is 0.0488. The van der Waals surface area contributed by atoms with Crippen LogP contribution in [0.15, 0.2) is 24.3 Å². The maximum Gasteiger partial charge on any atom is 0.215 e. The Morgan fingerprint density at radius 1 is 1.21 bits per heavy atom. The summed E-state index contributed by atoms with van der Waals surface area (Å²) in [5.74, 6) is 0.0488. The highest BCUT2D eigenvalue weighted by Gasteiger charge is 2.21. The molecule has 1 aromatic carbocycles. The average Bonchev–Trinajstić information content (AvgIpc) is 2.45. The van der Waals surface area contributed by atoms with E-state index in [2.05, 4.69) is 23.5 Å². The number of morpholine rings is 1. The highest BCUT2D eigenvalue weighted by atomic mass is 32.2. The number of hydrogen-bond acceptors (Lipinski definition) is 4. The van der Waals surface area contributed by atoms with Gasteiger partial charge in [0.25, 0.3) is 0 Å². The normalized spacial score (nSPS) is 22.6. The Morgan fingerprint density at radius 3 is 2.58 bits per heavy atom. The molecule has 1 N–H and O–H groups in total. The van der Waals surface area contributed by atoms with E-state index in [9.17, 15) is 8.42 Å². The molecule has 1 aromatic rings. The van der Waals surface area contributed by atoms with Gasteiger partial charge in [-0.25, -0.2) is 13.1 Å². The van der Waals surface area contributed by atoms with E-state index in [1.54, 1.807) is 0 Å². The maximum atomic E-state index is 12.1. The summed E-state index contributed by atoms with van der Waals surface area (Å²) in [6, 6.07) is 7.63. The van der Waals surface area contributed by atoms with E-state index in [4.69, 9.17) is 4.74 Å². The fraction of sp³-hybridized carbons (Fsp3) is 0.667. The molecule has 6 heteroatoms. The minimum atomic E-state index is -3.26. The molecule has 0 spiro atoms. The third-order valence-corrected chi connectivity index (χ3v) is 5.51. The zero-order chi connectivity index (χ0) is 17.6. The van der Waals surface area contributed by atoms with Crippen molar-refractivity contribution in [3.8, 4) is 0 Å². The molecule has 0 saturated carbocycles. The number of nitrogens with zero attached hydrogens (tertiary/aromatic N) is 1. The van der Waals surface area contributed by atoms with Crippen molar-refractivity contribution in [2.45, 2.75) is 51.6 Å². The molecule has 2 atom stereocenters. The van der Waals surface area contributed by atoms with Crippen LogP contribution in [-0.2, 0) is 20.5 Å². The van der Waals surface area contributed by atoms with Gasteiger partial charge in [-0.2, -0.15) is 0 Å². The number of rotatable bonds is 8. The first-order valence-corrected chi connectivity index (χ1v) is 10.4.